The molecule has 4 rings (SSSR count). The average Bonchev–Trinajstić information content (AvgIpc) is 2.83. The molecule has 13 heteroatoms. The molecule has 0 bridgehead atoms. The first-order chi connectivity index (χ1) is 17.0. The fourth-order valence-electron chi connectivity index (χ4n) is 3.61. The van der Waals surface area contributed by atoms with Crippen molar-refractivity contribution in [2.24, 2.45) is 4.99 Å². The number of aliphatic imine (C=N–C) groups is 1. The van der Waals surface area contributed by atoms with Gasteiger partial charge in [-0.05, 0) is 35.9 Å². The summed E-state index contributed by atoms with van der Waals surface area (Å²) in [6.07, 6.45) is -4.39. The second-order valence-corrected chi connectivity index (χ2v) is 8.35. The molecule has 0 spiro atoms. The van der Waals surface area contributed by atoms with Crippen molar-refractivity contribution in [3.63, 3.8) is 0 Å². The van der Waals surface area contributed by atoms with E-state index in [0.29, 0.717) is 38.2 Å². The molecule has 2 aromatic carbocycles. The molecule has 0 aliphatic carbocycles. The molecule has 0 aromatic heterocycles. The Morgan fingerprint density at radius 1 is 1.14 bits per heavy atom. The van der Waals surface area contributed by atoms with Crippen LogP contribution in [0.4, 0.5) is 22.0 Å². The van der Waals surface area contributed by atoms with Crippen LogP contribution in [0.15, 0.2) is 47.2 Å². The molecule has 2 aliphatic heterocycles. The van der Waals surface area contributed by atoms with Crippen LogP contribution >= 0.6 is 11.6 Å². The largest absolute Gasteiger partial charge is 0.473 e. The van der Waals surface area contributed by atoms with Gasteiger partial charge in [-0.1, -0.05) is 11.6 Å². The van der Waals surface area contributed by atoms with Gasteiger partial charge in [0.1, 0.15) is 18.2 Å². The van der Waals surface area contributed by atoms with Crippen LogP contribution in [-0.4, -0.2) is 60.5 Å². The van der Waals surface area contributed by atoms with Gasteiger partial charge in [0.2, 0.25) is 12.2 Å². The molecule has 2 heterocycles. The lowest BCUT2D eigenvalue weighted by Crippen LogP contribution is -2.45. The Bertz CT molecular complexity index is 1160. The predicted octanol–water partition coefficient (Wildman–Crippen LogP) is 4.74. The van der Waals surface area contributed by atoms with E-state index in [4.69, 9.17) is 25.8 Å². The zero-order chi connectivity index (χ0) is 26.0. The Hall–Kier alpha value is -3.09. The number of halogens is 6. The predicted molar refractivity (Wildman–Crippen MR) is 119 cm³/mol. The van der Waals surface area contributed by atoms with Gasteiger partial charge in [-0.25, -0.2) is 8.78 Å². The molecule has 36 heavy (non-hydrogen) atoms. The molecule has 194 valence electrons. The van der Waals surface area contributed by atoms with Gasteiger partial charge in [0, 0.05) is 26.2 Å². The van der Waals surface area contributed by atoms with Gasteiger partial charge in [0.15, 0.2) is 17.4 Å². The van der Waals surface area contributed by atoms with Gasteiger partial charge >= 0.3 is 6.18 Å². The van der Waals surface area contributed by atoms with E-state index in [-0.39, 0.29) is 18.1 Å². The fourth-order valence-corrected chi connectivity index (χ4v) is 3.83. The number of hydrogen-bond donors (Lipinski definition) is 1. The normalized spacial score (nSPS) is 18.6. The summed E-state index contributed by atoms with van der Waals surface area (Å²) in [5.41, 5.74) is -1.13. The van der Waals surface area contributed by atoms with Gasteiger partial charge < -0.3 is 29.1 Å². The van der Waals surface area contributed by atoms with Crippen LogP contribution in [0.2, 0.25) is 5.02 Å². The molecule has 1 saturated heterocycles. The van der Waals surface area contributed by atoms with E-state index in [1.54, 1.807) is 18.0 Å². The van der Waals surface area contributed by atoms with Gasteiger partial charge in [-0.15, -0.1) is 0 Å². The lowest BCUT2D eigenvalue weighted by atomic mass is 10.2. The van der Waals surface area contributed by atoms with Crippen molar-refractivity contribution in [1.29, 1.82) is 0 Å². The Morgan fingerprint density at radius 2 is 1.81 bits per heavy atom. The fraction of sp³-hybridized carbons (Fsp3) is 0.348. The average molecular weight is 534 g/mol. The third kappa shape index (κ3) is 5.82. The number of morpholine rings is 1. The maximum Gasteiger partial charge on any atom is 0.417 e. The van der Waals surface area contributed by atoms with E-state index in [1.165, 1.54) is 0 Å². The summed E-state index contributed by atoms with van der Waals surface area (Å²) in [5, 5.41) is 9.67. The summed E-state index contributed by atoms with van der Waals surface area (Å²) >= 11 is 5.56. The van der Waals surface area contributed by atoms with Gasteiger partial charge in [-0.2, -0.15) is 18.2 Å². The second-order valence-electron chi connectivity index (χ2n) is 7.95. The third-order valence-corrected chi connectivity index (χ3v) is 5.78. The summed E-state index contributed by atoms with van der Waals surface area (Å²) in [5.74, 6) is -2.90. The molecule has 1 fully saturated rings. The second kappa shape index (κ2) is 10.5. The van der Waals surface area contributed by atoms with E-state index in [1.807, 2.05) is 4.90 Å². The van der Waals surface area contributed by atoms with Gasteiger partial charge in [-0.3, -0.25) is 0 Å². The van der Waals surface area contributed by atoms with E-state index >= 15 is 0 Å². The minimum atomic E-state index is -4.77. The topological polar surface area (TPSA) is 66.8 Å². The minimum Gasteiger partial charge on any atom is -0.473 e. The van der Waals surface area contributed by atoms with Crippen LogP contribution in [0.5, 0.6) is 11.5 Å². The van der Waals surface area contributed by atoms with Crippen LogP contribution in [0.25, 0.3) is 0 Å². The van der Waals surface area contributed by atoms with Crippen molar-refractivity contribution in [3.05, 3.63) is 70.0 Å². The van der Waals surface area contributed by atoms with Crippen molar-refractivity contribution in [3.8, 4) is 11.5 Å². The molecule has 1 N–H and O–H groups in total. The lowest BCUT2D eigenvalue weighted by molar-refractivity contribution is -0.137. The van der Waals surface area contributed by atoms with Crippen LogP contribution in [0, 0.1) is 11.6 Å². The highest BCUT2D eigenvalue weighted by atomic mass is 35.5. The highest BCUT2D eigenvalue weighted by molar-refractivity contribution is 6.31. The Kier molecular flexibility index (Phi) is 7.57. The molecule has 7 nitrogen and oxygen atoms in total. The van der Waals surface area contributed by atoms with Gasteiger partial charge in [0.25, 0.3) is 0 Å². The lowest BCUT2D eigenvalue weighted by Gasteiger charge is -2.38. The number of benzene rings is 2. The van der Waals surface area contributed by atoms with Crippen molar-refractivity contribution in [2.45, 2.75) is 19.1 Å². The first-order valence-corrected chi connectivity index (χ1v) is 11.1. The van der Waals surface area contributed by atoms with E-state index in [0.717, 1.165) is 24.3 Å². The monoisotopic (exact) mass is 533 g/mol. The number of ether oxygens (including phenoxy) is 3. The molecule has 1 unspecified atom stereocenters. The Morgan fingerprint density at radius 3 is 2.44 bits per heavy atom. The van der Waals surface area contributed by atoms with Crippen molar-refractivity contribution >= 4 is 17.5 Å². The first-order valence-electron chi connectivity index (χ1n) is 10.7. The highest BCUT2D eigenvalue weighted by Crippen LogP contribution is 2.38. The SMILES string of the molecule is CN1C(N2CCOCC2)=CC(OCc2cc(F)c(Oc3ccc(Cl)c(C(F)(F)F)c3)c(F)c2)=NC1O. The molecule has 0 radical (unpaired) electrons. The molecule has 0 amide bonds. The van der Waals surface area contributed by atoms with Crippen LogP contribution < -0.4 is 4.74 Å². The highest BCUT2D eigenvalue weighted by Gasteiger charge is 2.34. The first kappa shape index (κ1) is 26.0. The summed E-state index contributed by atoms with van der Waals surface area (Å²) in [6, 6.07) is 4.40. The molecule has 1 atom stereocenters. The van der Waals surface area contributed by atoms with Crippen LogP contribution in [0.1, 0.15) is 11.1 Å². The zero-order valence-corrected chi connectivity index (χ0v) is 19.6. The number of rotatable bonds is 5. The van der Waals surface area contributed by atoms with E-state index in [9.17, 15) is 27.1 Å². The maximum absolute atomic E-state index is 14.6. The minimum absolute atomic E-state index is 0.0593. The number of nitrogens with zero attached hydrogens (tertiary/aromatic N) is 3. The summed E-state index contributed by atoms with van der Waals surface area (Å²) in [4.78, 5) is 7.53. The number of alkyl halides is 3. The summed E-state index contributed by atoms with van der Waals surface area (Å²) in [7, 11) is 1.66. The number of aliphatic hydroxyl groups excluding tert-OH is 1. The Labute approximate surface area is 207 Å². The zero-order valence-electron chi connectivity index (χ0n) is 18.9. The number of hydrogen-bond acceptors (Lipinski definition) is 7. The van der Waals surface area contributed by atoms with E-state index in [2.05, 4.69) is 4.99 Å². The standard InChI is InChI=1S/C23H21ClF5N3O4/c1-31-20(32-4-6-34-7-5-32)11-19(30-22(31)33)35-12-13-8-17(25)21(18(26)9-13)36-14-2-3-16(24)15(10-14)23(27,28)29/h2-3,8-11,22,33H,4-7,12H2,1H3. The molecular weight excluding hydrogens is 513 g/mol. The van der Waals surface area contributed by atoms with E-state index < -0.39 is 46.2 Å². The van der Waals surface area contributed by atoms with Crippen LogP contribution in [-0.2, 0) is 22.3 Å². The van der Waals surface area contributed by atoms with Crippen molar-refractivity contribution in [1.82, 2.24) is 9.80 Å². The number of aliphatic hydroxyl groups is 1. The van der Waals surface area contributed by atoms with Crippen molar-refractivity contribution < 1.29 is 41.3 Å². The quantitative estimate of drug-likeness (QED) is 0.560. The maximum atomic E-state index is 14.6. The molecule has 2 aromatic rings. The van der Waals surface area contributed by atoms with Crippen molar-refractivity contribution in [2.75, 3.05) is 33.4 Å². The molecular formula is C23H21ClF5N3O4. The van der Waals surface area contributed by atoms with Crippen LogP contribution in [0.3, 0.4) is 0 Å². The third-order valence-electron chi connectivity index (χ3n) is 5.45. The van der Waals surface area contributed by atoms with Gasteiger partial charge in [0.05, 0.1) is 23.8 Å². The Balaban J connectivity index is 1.48. The smallest absolute Gasteiger partial charge is 0.417 e. The molecule has 0 saturated carbocycles. The molecule has 2 aliphatic rings. The summed E-state index contributed by atoms with van der Waals surface area (Å²) in [6.45, 7) is 1.96. The summed E-state index contributed by atoms with van der Waals surface area (Å²) < 4.78 is 84.3.